The molecular formula is C17H20ClNO. The largest absolute Gasteiger partial charge is 0.360 e. The molecule has 20 heavy (non-hydrogen) atoms. The van der Waals surface area contributed by atoms with Crippen molar-refractivity contribution in [1.82, 2.24) is 4.98 Å². The minimum atomic E-state index is 0.233. The molecule has 1 heterocycles. The van der Waals surface area contributed by atoms with Gasteiger partial charge in [0.2, 0.25) is 0 Å². The van der Waals surface area contributed by atoms with Crippen molar-refractivity contribution in [1.29, 1.82) is 0 Å². The third kappa shape index (κ3) is 2.76. The van der Waals surface area contributed by atoms with Crippen LogP contribution in [0.3, 0.4) is 0 Å². The maximum atomic E-state index is 12.6. The van der Waals surface area contributed by atoms with E-state index in [-0.39, 0.29) is 5.78 Å². The summed E-state index contributed by atoms with van der Waals surface area (Å²) in [6.45, 7) is 0. The molecule has 0 amide bonds. The monoisotopic (exact) mass is 289 g/mol. The lowest BCUT2D eigenvalue weighted by Gasteiger charge is -2.12. The third-order valence-corrected chi connectivity index (χ3v) is 4.72. The molecule has 0 aliphatic heterocycles. The highest BCUT2D eigenvalue weighted by Gasteiger charge is 2.20. The summed E-state index contributed by atoms with van der Waals surface area (Å²) in [7, 11) is 0. The SMILES string of the molecule is O=C(CC1CCCCCC1)c1c[nH]c2cccc(Cl)c12. The number of halogens is 1. The fourth-order valence-corrected chi connectivity index (χ4v) is 3.58. The van der Waals surface area contributed by atoms with Crippen LogP contribution < -0.4 is 0 Å². The van der Waals surface area contributed by atoms with Gasteiger partial charge in [-0.3, -0.25) is 4.79 Å². The summed E-state index contributed by atoms with van der Waals surface area (Å²) in [5.41, 5.74) is 1.71. The van der Waals surface area contributed by atoms with Crippen molar-refractivity contribution < 1.29 is 4.79 Å². The number of hydrogen-bond donors (Lipinski definition) is 1. The summed E-state index contributed by atoms with van der Waals surface area (Å²) >= 11 is 6.24. The Morgan fingerprint density at radius 1 is 1.20 bits per heavy atom. The van der Waals surface area contributed by atoms with E-state index in [1.54, 1.807) is 0 Å². The third-order valence-electron chi connectivity index (χ3n) is 4.40. The first kappa shape index (κ1) is 13.7. The summed E-state index contributed by atoms with van der Waals surface area (Å²) in [6, 6.07) is 5.71. The van der Waals surface area contributed by atoms with E-state index >= 15 is 0 Å². The van der Waals surface area contributed by atoms with Crippen molar-refractivity contribution in [3.8, 4) is 0 Å². The van der Waals surface area contributed by atoms with E-state index in [1.165, 1.54) is 38.5 Å². The van der Waals surface area contributed by atoms with Gasteiger partial charge in [-0.2, -0.15) is 0 Å². The summed E-state index contributed by atoms with van der Waals surface area (Å²) < 4.78 is 0. The van der Waals surface area contributed by atoms with Crippen LogP contribution in [-0.4, -0.2) is 10.8 Å². The molecule has 0 atom stereocenters. The van der Waals surface area contributed by atoms with Gasteiger partial charge in [-0.05, 0) is 18.1 Å². The molecule has 0 spiro atoms. The van der Waals surface area contributed by atoms with Crippen LogP contribution in [0.5, 0.6) is 0 Å². The molecule has 1 aliphatic rings. The number of nitrogens with one attached hydrogen (secondary N) is 1. The second-order valence-corrected chi connectivity index (χ2v) is 6.26. The number of carbonyl (C=O) groups is 1. The summed E-state index contributed by atoms with van der Waals surface area (Å²) in [5.74, 6) is 0.786. The van der Waals surface area contributed by atoms with Crippen molar-refractivity contribution in [2.24, 2.45) is 5.92 Å². The van der Waals surface area contributed by atoms with Crippen LogP contribution in [0.2, 0.25) is 5.02 Å². The number of rotatable bonds is 3. The highest BCUT2D eigenvalue weighted by atomic mass is 35.5. The summed E-state index contributed by atoms with van der Waals surface area (Å²) in [4.78, 5) is 15.7. The standard InChI is InChI=1S/C17H20ClNO/c18-14-8-5-9-15-17(14)13(11-19-15)16(20)10-12-6-3-1-2-4-7-12/h5,8-9,11-12,19H,1-4,6-7,10H2. The van der Waals surface area contributed by atoms with Crippen molar-refractivity contribution in [3.05, 3.63) is 35.0 Å². The number of benzene rings is 1. The lowest BCUT2D eigenvalue weighted by Crippen LogP contribution is -2.08. The van der Waals surface area contributed by atoms with Gasteiger partial charge in [-0.15, -0.1) is 0 Å². The molecule has 0 bridgehead atoms. The number of H-pyrrole nitrogens is 1. The van der Waals surface area contributed by atoms with Crippen molar-refractivity contribution in [3.63, 3.8) is 0 Å². The van der Waals surface area contributed by atoms with Gasteiger partial charge < -0.3 is 4.98 Å². The summed E-state index contributed by atoms with van der Waals surface area (Å²) in [5, 5.41) is 1.54. The molecule has 1 N–H and O–H groups in total. The maximum Gasteiger partial charge on any atom is 0.165 e. The van der Waals surface area contributed by atoms with Crippen LogP contribution >= 0.6 is 11.6 Å². The first-order valence-electron chi connectivity index (χ1n) is 7.54. The maximum absolute atomic E-state index is 12.6. The molecule has 106 valence electrons. The van der Waals surface area contributed by atoms with Crippen LogP contribution in [-0.2, 0) is 0 Å². The zero-order chi connectivity index (χ0) is 13.9. The molecule has 0 radical (unpaired) electrons. The van der Waals surface area contributed by atoms with Gasteiger partial charge in [0.25, 0.3) is 0 Å². The summed E-state index contributed by atoms with van der Waals surface area (Å²) in [6.07, 6.45) is 10.1. The molecule has 1 aliphatic carbocycles. The number of carbonyl (C=O) groups excluding carboxylic acids is 1. The lowest BCUT2D eigenvalue weighted by atomic mass is 9.92. The Labute approximate surface area is 124 Å². The first-order chi connectivity index (χ1) is 9.75. The molecule has 0 saturated heterocycles. The van der Waals surface area contributed by atoms with Crippen molar-refractivity contribution in [2.45, 2.75) is 44.9 Å². The number of ketones is 1. The Balaban J connectivity index is 1.81. The minimum Gasteiger partial charge on any atom is -0.360 e. The van der Waals surface area contributed by atoms with Gasteiger partial charge in [0.15, 0.2) is 5.78 Å². The zero-order valence-electron chi connectivity index (χ0n) is 11.6. The molecule has 2 aromatic rings. The quantitative estimate of drug-likeness (QED) is 0.598. The second kappa shape index (κ2) is 6.01. The van der Waals surface area contributed by atoms with Crippen LogP contribution in [0, 0.1) is 5.92 Å². The Morgan fingerprint density at radius 3 is 2.70 bits per heavy atom. The highest BCUT2D eigenvalue weighted by Crippen LogP contribution is 2.31. The average molecular weight is 290 g/mol. The Kier molecular flexibility index (Phi) is 4.11. The van der Waals surface area contributed by atoms with E-state index in [0.29, 0.717) is 17.4 Å². The normalized spacial score (nSPS) is 17.2. The van der Waals surface area contributed by atoms with E-state index in [0.717, 1.165) is 16.5 Å². The minimum absolute atomic E-state index is 0.233. The van der Waals surface area contributed by atoms with E-state index in [2.05, 4.69) is 4.98 Å². The topological polar surface area (TPSA) is 32.9 Å². The van der Waals surface area contributed by atoms with Gasteiger partial charge in [-0.1, -0.05) is 56.2 Å². The number of aromatic amines is 1. The number of hydrogen-bond acceptors (Lipinski definition) is 1. The molecule has 1 saturated carbocycles. The van der Waals surface area contributed by atoms with E-state index < -0.39 is 0 Å². The van der Waals surface area contributed by atoms with E-state index in [9.17, 15) is 4.79 Å². The smallest absolute Gasteiger partial charge is 0.165 e. The van der Waals surface area contributed by atoms with Gasteiger partial charge in [0, 0.05) is 29.1 Å². The second-order valence-electron chi connectivity index (χ2n) is 5.85. The Hall–Kier alpha value is -1.28. The molecular weight excluding hydrogens is 270 g/mol. The first-order valence-corrected chi connectivity index (χ1v) is 7.92. The average Bonchev–Trinajstić information content (AvgIpc) is 2.72. The lowest BCUT2D eigenvalue weighted by molar-refractivity contribution is 0.0958. The van der Waals surface area contributed by atoms with Crippen LogP contribution in [0.1, 0.15) is 55.3 Å². The predicted molar refractivity (Wildman–Crippen MR) is 83.4 cm³/mol. The van der Waals surface area contributed by atoms with Gasteiger partial charge in [-0.25, -0.2) is 0 Å². The van der Waals surface area contributed by atoms with E-state index in [1.807, 2.05) is 24.4 Å². The number of aromatic nitrogens is 1. The fraction of sp³-hybridized carbons (Fsp3) is 0.471. The molecule has 1 aromatic carbocycles. The predicted octanol–water partition coefficient (Wildman–Crippen LogP) is 5.36. The number of Topliss-reactive ketones (excluding diaryl/α,β-unsaturated/α-hetero) is 1. The van der Waals surface area contributed by atoms with Gasteiger partial charge in [0.1, 0.15) is 0 Å². The molecule has 2 nitrogen and oxygen atoms in total. The Morgan fingerprint density at radius 2 is 1.95 bits per heavy atom. The highest BCUT2D eigenvalue weighted by molar-refractivity contribution is 6.36. The van der Waals surface area contributed by atoms with Crippen molar-refractivity contribution in [2.75, 3.05) is 0 Å². The molecule has 3 rings (SSSR count). The zero-order valence-corrected chi connectivity index (χ0v) is 12.4. The molecule has 0 unspecified atom stereocenters. The van der Waals surface area contributed by atoms with Crippen LogP contribution in [0.4, 0.5) is 0 Å². The van der Waals surface area contributed by atoms with Crippen LogP contribution in [0.25, 0.3) is 10.9 Å². The number of fused-ring (bicyclic) bond motifs is 1. The van der Waals surface area contributed by atoms with Crippen LogP contribution in [0.15, 0.2) is 24.4 Å². The van der Waals surface area contributed by atoms with E-state index in [4.69, 9.17) is 11.6 Å². The molecule has 3 heteroatoms. The Bertz CT molecular complexity index is 608. The molecule has 1 aromatic heterocycles. The fourth-order valence-electron chi connectivity index (χ4n) is 3.30. The van der Waals surface area contributed by atoms with Gasteiger partial charge >= 0.3 is 0 Å². The van der Waals surface area contributed by atoms with Crippen molar-refractivity contribution >= 4 is 28.3 Å². The van der Waals surface area contributed by atoms with Gasteiger partial charge in [0.05, 0.1) is 5.02 Å². The molecule has 1 fully saturated rings.